The summed E-state index contributed by atoms with van der Waals surface area (Å²) in [6.07, 6.45) is 7.60. The number of rotatable bonds is 3. The van der Waals surface area contributed by atoms with Crippen molar-refractivity contribution < 1.29 is 9.59 Å². The van der Waals surface area contributed by atoms with Crippen molar-refractivity contribution in [2.24, 2.45) is 5.92 Å². The Morgan fingerprint density at radius 3 is 2.36 bits per heavy atom. The molecule has 1 atom stereocenters. The van der Waals surface area contributed by atoms with E-state index in [1.165, 1.54) is 25.7 Å². The Bertz CT molecular complexity index is 521. The number of amides is 2. The predicted octanol–water partition coefficient (Wildman–Crippen LogP) is 2.88. The monoisotopic (exact) mass is 300 g/mol. The minimum absolute atomic E-state index is 0.0580. The topological polar surface area (TPSA) is 49.4 Å². The molecule has 2 aliphatic rings. The molecule has 4 heteroatoms. The van der Waals surface area contributed by atoms with Gasteiger partial charge >= 0.3 is 0 Å². The van der Waals surface area contributed by atoms with Crippen molar-refractivity contribution in [2.45, 2.75) is 51.0 Å². The van der Waals surface area contributed by atoms with E-state index in [2.05, 4.69) is 5.32 Å². The molecule has 1 aromatic rings. The van der Waals surface area contributed by atoms with Crippen molar-refractivity contribution in [1.82, 2.24) is 5.32 Å². The first-order valence-electron chi connectivity index (χ1n) is 8.42. The Morgan fingerprint density at radius 2 is 1.68 bits per heavy atom. The average Bonchev–Trinajstić information content (AvgIpc) is 2.75. The van der Waals surface area contributed by atoms with Gasteiger partial charge in [0, 0.05) is 18.3 Å². The number of hydrogen-bond donors (Lipinski definition) is 1. The van der Waals surface area contributed by atoms with E-state index in [4.69, 9.17) is 0 Å². The molecule has 1 heterocycles. The van der Waals surface area contributed by atoms with Gasteiger partial charge in [0.2, 0.25) is 11.8 Å². The largest absolute Gasteiger partial charge is 0.353 e. The van der Waals surface area contributed by atoms with Gasteiger partial charge in [0.15, 0.2) is 0 Å². The van der Waals surface area contributed by atoms with Crippen LogP contribution in [-0.4, -0.2) is 24.4 Å². The van der Waals surface area contributed by atoms with E-state index in [9.17, 15) is 9.59 Å². The molecule has 2 fully saturated rings. The van der Waals surface area contributed by atoms with E-state index >= 15 is 0 Å². The van der Waals surface area contributed by atoms with Gasteiger partial charge in [-0.1, -0.05) is 43.9 Å². The molecule has 0 unspecified atom stereocenters. The van der Waals surface area contributed by atoms with Gasteiger partial charge in [-0.25, -0.2) is 0 Å². The van der Waals surface area contributed by atoms with Gasteiger partial charge in [0.05, 0.1) is 0 Å². The number of carbonyl (C=O) groups is 2. The summed E-state index contributed by atoms with van der Waals surface area (Å²) >= 11 is 0. The Labute approximate surface area is 131 Å². The van der Waals surface area contributed by atoms with E-state index in [0.717, 1.165) is 18.5 Å². The molecule has 1 saturated carbocycles. The van der Waals surface area contributed by atoms with Crippen LogP contribution in [0.1, 0.15) is 44.9 Å². The Morgan fingerprint density at radius 1 is 1.00 bits per heavy atom. The summed E-state index contributed by atoms with van der Waals surface area (Å²) < 4.78 is 0. The van der Waals surface area contributed by atoms with Crippen LogP contribution in [0.3, 0.4) is 0 Å². The van der Waals surface area contributed by atoms with Crippen molar-refractivity contribution in [3.63, 3.8) is 0 Å². The molecular formula is C18H24N2O2. The van der Waals surface area contributed by atoms with Gasteiger partial charge < -0.3 is 10.2 Å². The standard InChI is InChI=1S/C18H24N2O2/c21-17(19-14-8-4-1-2-5-9-14)16-12-13-20(18(16)22)15-10-6-3-7-11-15/h3,6-7,10-11,14,16H,1-2,4-5,8-9,12-13H2,(H,19,21)/t16-/m0/s1. The van der Waals surface area contributed by atoms with Gasteiger partial charge in [-0.15, -0.1) is 0 Å². The Hall–Kier alpha value is -1.84. The first-order chi connectivity index (χ1) is 10.8. The fourth-order valence-corrected chi connectivity index (χ4v) is 3.51. The minimum Gasteiger partial charge on any atom is -0.353 e. The summed E-state index contributed by atoms with van der Waals surface area (Å²) in [6.45, 7) is 0.631. The minimum atomic E-state index is -0.511. The molecule has 1 N–H and O–H groups in total. The smallest absolute Gasteiger partial charge is 0.239 e. The van der Waals surface area contributed by atoms with E-state index in [1.54, 1.807) is 4.90 Å². The highest BCUT2D eigenvalue weighted by Gasteiger charge is 2.38. The molecule has 1 aliphatic carbocycles. The summed E-state index contributed by atoms with van der Waals surface area (Å²) in [5.74, 6) is -0.642. The van der Waals surface area contributed by atoms with Gasteiger partial charge in [-0.2, -0.15) is 0 Å². The molecule has 2 amide bonds. The number of para-hydroxylation sites is 1. The second-order valence-electron chi connectivity index (χ2n) is 6.36. The van der Waals surface area contributed by atoms with Gasteiger partial charge in [0.1, 0.15) is 5.92 Å². The number of nitrogens with one attached hydrogen (secondary N) is 1. The zero-order chi connectivity index (χ0) is 15.4. The van der Waals surface area contributed by atoms with Crippen molar-refractivity contribution >= 4 is 17.5 Å². The van der Waals surface area contributed by atoms with Crippen LogP contribution in [0.15, 0.2) is 30.3 Å². The van der Waals surface area contributed by atoms with Crippen molar-refractivity contribution in [3.05, 3.63) is 30.3 Å². The molecule has 0 aromatic heterocycles. The van der Waals surface area contributed by atoms with Crippen LogP contribution in [0.2, 0.25) is 0 Å². The molecule has 22 heavy (non-hydrogen) atoms. The summed E-state index contributed by atoms with van der Waals surface area (Å²) in [7, 11) is 0. The molecule has 3 rings (SSSR count). The maximum absolute atomic E-state index is 12.5. The van der Waals surface area contributed by atoms with Crippen LogP contribution in [0, 0.1) is 5.92 Å². The molecular weight excluding hydrogens is 276 g/mol. The average molecular weight is 300 g/mol. The summed E-state index contributed by atoms with van der Waals surface area (Å²) in [6, 6.07) is 9.87. The molecule has 118 valence electrons. The number of nitrogens with zero attached hydrogens (tertiary/aromatic N) is 1. The van der Waals surface area contributed by atoms with Crippen LogP contribution < -0.4 is 10.2 Å². The highest BCUT2D eigenvalue weighted by molar-refractivity contribution is 6.09. The van der Waals surface area contributed by atoms with Crippen molar-refractivity contribution in [2.75, 3.05) is 11.4 Å². The third-order valence-corrected chi connectivity index (χ3v) is 4.79. The van der Waals surface area contributed by atoms with Crippen LogP contribution >= 0.6 is 0 Å². The van der Waals surface area contributed by atoms with E-state index in [-0.39, 0.29) is 17.9 Å². The predicted molar refractivity (Wildman–Crippen MR) is 86.5 cm³/mol. The SMILES string of the molecule is O=C(NC1CCCCCC1)[C@@H]1CCN(c2ccccc2)C1=O. The maximum Gasteiger partial charge on any atom is 0.239 e. The quantitative estimate of drug-likeness (QED) is 0.689. The Balaban J connectivity index is 1.60. The molecule has 0 spiro atoms. The van der Waals surface area contributed by atoms with Gasteiger partial charge in [0.25, 0.3) is 0 Å². The molecule has 1 aromatic carbocycles. The molecule has 1 aliphatic heterocycles. The third kappa shape index (κ3) is 3.32. The lowest BCUT2D eigenvalue weighted by molar-refractivity contribution is -0.132. The second-order valence-corrected chi connectivity index (χ2v) is 6.36. The first-order valence-corrected chi connectivity index (χ1v) is 8.42. The zero-order valence-corrected chi connectivity index (χ0v) is 13.0. The molecule has 4 nitrogen and oxygen atoms in total. The summed E-state index contributed by atoms with van der Waals surface area (Å²) in [5.41, 5.74) is 0.886. The highest BCUT2D eigenvalue weighted by atomic mass is 16.2. The van der Waals surface area contributed by atoms with E-state index in [0.29, 0.717) is 13.0 Å². The van der Waals surface area contributed by atoms with E-state index in [1.807, 2.05) is 30.3 Å². The maximum atomic E-state index is 12.5. The van der Waals surface area contributed by atoms with Crippen LogP contribution in [-0.2, 0) is 9.59 Å². The van der Waals surface area contributed by atoms with Crippen LogP contribution in [0.25, 0.3) is 0 Å². The second kappa shape index (κ2) is 6.95. The fourth-order valence-electron chi connectivity index (χ4n) is 3.51. The molecule has 0 radical (unpaired) electrons. The number of anilines is 1. The lowest BCUT2D eigenvalue weighted by Gasteiger charge is -2.19. The van der Waals surface area contributed by atoms with E-state index < -0.39 is 5.92 Å². The normalized spacial score (nSPS) is 23.4. The summed E-state index contributed by atoms with van der Waals surface area (Å²) in [5, 5.41) is 3.12. The lowest BCUT2D eigenvalue weighted by atomic mass is 10.0. The highest BCUT2D eigenvalue weighted by Crippen LogP contribution is 2.26. The van der Waals surface area contributed by atoms with Gasteiger partial charge in [-0.05, 0) is 31.4 Å². The van der Waals surface area contributed by atoms with Crippen LogP contribution in [0.4, 0.5) is 5.69 Å². The fraction of sp³-hybridized carbons (Fsp3) is 0.556. The third-order valence-electron chi connectivity index (χ3n) is 4.79. The lowest BCUT2D eigenvalue weighted by Crippen LogP contribution is -2.41. The van der Waals surface area contributed by atoms with Gasteiger partial charge in [-0.3, -0.25) is 9.59 Å². The number of benzene rings is 1. The summed E-state index contributed by atoms with van der Waals surface area (Å²) in [4.78, 5) is 26.7. The first kappa shape index (κ1) is 15.1. The Kier molecular flexibility index (Phi) is 4.76. The van der Waals surface area contributed by atoms with Crippen molar-refractivity contribution in [1.29, 1.82) is 0 Å². The van der Waals surface area contributed by atoms with Crippen LogP contribution in [0.5, 0.6) is 0 Å². The zero-order valence-electron chi connectivity index (χ0n) is 13.0. The number of hydrogen-bond acceptors (Lipinski definition) is 2. The molecule has 1 saturated heterocycles. The van der Waals surface area contributed by atoms with Crippen molar-refractivity contribution in [3.8, 4) is 0 Å². The number of carbonyl (C=O) groups excluding carboxylic acids is 2. The molecule has 0 bridgehead atoms.